The highest BCUT2D eigenvalue weighted by Gasteiger charge is 2.60. The summed E-state index contributed by atoms with van der Waals surface area (Å²) in [5.41, 5.74) is 19.7. The Morgan fingerprint density at radius 3 is 1.95 bits per heavy atom. The molecule has 0 bridgehead atoms. The number of nitrogens with one attached hydrogen (secondary N) is 1. The molecule has 3 aliphatic rings. The van der Waals surface area contributed by atoms with Crippen molar-refractivity contribution in [1.82, 2.24) is 5.32 Å². The van der Waals surface area contributed by atoms with E-state index in [1.54, 1.807) is 0 Å². The molecule has 0 amide bonds. The molecule has 1 saturated carbocycles. The Hall–Kier alpha value is -1.98. The predicted molar refractivity (Wildman–Crippen MR) is 134 cm³/mol. The second kappa shape index (κ2) is 12.9. The second-order valence-corrected chi connectivity index (χ2v) is 10.0. The van der Waals surface area contributed by atoms with Crippen LogP contribution in [-0.4, -0.2) is 164 Å². The smallest absolute Gasteiger partial charge is 0.187 e. The zero-order valence-electron chi connectivity index (χ0n) is 21.9. The van der Waals surface area contributed by atoms with Gasteiger partial charge < -0.3 is 88.1 Å². The zero-order valence-corrected chi connectivity index (χ0v) is 21.9. The first-order chi connectivity index (χ1) is 18.7. The van der Waals surface area contributed by atoms with Crippen molar-refractivity contribution in [1.29, 1.82) is 0 Å². The largest absolute Gasteiger partial charge is 0.394 e. The SMILES string of the molecule is CN[C@@H]1[C@H](O[C@@H]2[C@H](O[C@H]3[C@@H](O)[C@@H](O)[C@H](N=C(N)N)[C@@H](O)[C@@H]3N=C(N)N)O[C@@H](C)[C@@]2(O)CO)O[C@H](CO)[C@H](O)[C@@H]1O. The number of likely N-dealkylation sites (N-methyl/N-ethyl adjacent to an activating group) is 1. The van der Waals surface area contributed by atoms with Gasteiger partial charge >= 0.3 is 0 Å². The van der Waals surface area contributed by atoms with Gasteiger partial charge in [0.05, 0.1) is 25.4 Å². The molecule has 3 rings (SSSR count). The number of rotatable bonds is 9. The van der Waals surface area contributed by atoms with E-state index in [2.05, 4.69) is 15.3 Å². The van der Waals surface area contributed by atoms with Gasteiger partial charge in [0.15, 0.2) is 24.5 Å². The van der Waals surface area contributed by atoms with Gasteiger partial charge in [0.25, 0.3) is 0 Å². The molecule has 0 aromatic heterocycles. The number of hydrogen-bond acceptors (Lipinski definition) is 15. The third-order valence-corrected chi connectivity index (χ3v) is 7.49. The Labute approximate surface area is 229 Å². The standard InChI is InChI=1S/C21H41N7O12/c1-5-21(36,4-30)16(40-17-9(26-2)13(34)10(31)6(3-29)38-17)18(37-5)39-15-8(28-20(24)25)11(32)7(27-19(22)23)12(33)14(15)35/h5-18,26,29-36H,3-4H2,1-2H3,(H4,22,23,27)(H4,24,25,28)/t5-,6+,7+,8-,9-,10-,11+,12-,13+,14-,15+,16+,17-,18-,21-/m0/s1. The van der Waals surface area contributed by atoms with E-state index in [0.717, 1.165) is 0 Å². The van der Waals surface area contributed by atoms with E-state index in [1.807, 2.05) is 0 Å². The van der Waals surface area contributed by atoms with Gasteiger partial charge in [-0.3, -0.25) is 0 Å². The molecule has 0 radical (unpaired) electrons. The lowest BCUT2D eigenvalue weighted by Crippen LogP contribution is -2.66. The third kappa shape index (κ3) is 6.11. The summed E-state index contributed by atoms with van der Waals surface area (Å²) in [6, 6.07) is -4.00. The number of aliphatic hydroxyl groups is 8. The first kappa shape index (κ1) is 32.5. The number of ether oxygens (including phenoxy) is 4. The molecule has 2 saturated heterocycles. The Morgan fingerprint density at radius 2 is 1.43 bits per heavy atom. The maximum Gasteiger partial charge on any atom is 0.187 e. The minimum Gasteiger partial charge on any atom is -0.394 e. The van der Waals surface area contributed by atoms with Crippen LogP contribution in [0.2, 0.25) is 0 Å². The molecule has 0 spiro atoms. The fourth-order valence-electron chi connectivity index (χ4n) is 5.17. The quantitative estimate of drug-likeness (QED) is 0.0884. The highest BCUT2D eigenvalue weighted by molar-refractivity contribution is 5.76. The molecule has 19 nitrogen and oxygen atoms in total. The first-order valence-corrected chi connectivity index (χ1v) is 12.5. The van der Waals surface area contributed by atoms with Crippen molar-refractivity contribution < 1.29 is 59.8 Å². The first-order valence-electron chi connectivity index (χ1n) is 12.5. The maximum atomic E-state index is 11.3. The van der Waals surface area contributed by atoms with Gasteiger partial charge in [-0.2, -0.15) is 0 Å². The van der Waals surface area contributed by atoms with Gasteiger partial charge in [0.1, 0.15) is 66.5 Å². The number of nitrogens with zero attached hydrogens (tertiary/aromatic N) is 2. The van der Waals surface area contributed by atoms with E-state index in [0.29, 0.717) is 0 Å². The van der Waals surface area contributed by atoms with Crippen LogP contribution >= 0.6 is 0 Å². The number of hydrogen-bond donors (Lipinski definition) is 13. The molecular formula is C21H41N7O12. The lowest BCUT2D eigenvalue weighted by Gasteiger charge is -2.45. The van der Waals surface area contributed by atoms with E-state index in [1.165, 1.54) is 14.0 Å². The van der Waals surface area contributed by atoms with Gasteiger partial charge in [-0.1, -0.05) is 0 Å². The molecule has 0 aromatic carbocycles. The van der Waals surface area contributed by atoms with Crippen molar-refractivity contribution in [3.8, 4) is 0 Å². The minimum atomic E-state index is -2.15. The van der Waals surface area contributed by atoms with Gasteiger partial charge in [-0.25, -0.2) is 9.98 Å². The normalized spacial score (nSPS) is 47.5. The van der Waals surface area contributed by atoms with Crippen LogP contribution in [0.25, 0.3) is 0 Å². The summed E-state index contributed by atoms with van der Waals surface area (Å²) >= 11 is 0. The summed E-state index contributed by atoms with van der Waals surface area (Å²) in [6.07, 6.45) is -16.9. The highest BCUT2D eigenvalue weighted by Crippen LogP contribution is 2.39. The molecule has 1 aliphatic carbocycles. The van der Waals surface area contributed by atoms with Crippen LogP contribution in [-0.2, 0) is 18.9 Å². The molecule has 3 fully saturated rings. The van der Waals surface area contributed by atoms with E-state index < -0.39 is 116 Å². The second-order valence-electron chi connectivity index (χ2n) is 10.0. The Morgan fingerprint density at radius 1 is 0.825 bits per heavy atom. The van der Waals surface area contributed by atoms with Crippen molar-refractivity contribution in [2.45, 2.75) is 98.2 Å². The maximum absolute atomic E-state index is 11.3. The van der Waals surface area contributed by atoms with Crippen molar-refractivity contribution in [3.05, 3.63) is 0 Å². The summed E-state index contributed by atoms with van der Waals surface area (Å²) in [5, 5.41) is 87.0. The Kier molecular flexibility index (Phi) is 10.5. The average Bonchev–Trinajstić information content (AvgIpc) is 3.13. The van der Waals surface area contributed by atoms with Crippen molar-refractivity contribution in [2.24, 2.45) is 32.9 Å². The molecule has 0 unspecified atom stereocenters. The van der Waals surface area contributed by atoms with Crippen molar-refractivity contribution >= 4 is 11.9 Å². The van der Waals surface area contributed by atoms with E-state index in [9.17, 15) is 40.9 Å². The number of aliphatic imine (C=N–C) groups is 2. The van der Waals surface area contributed by atoms with Gasteiger partial charge in [-0.15, -0.1) is 0 Å². The lowest BCUT2D eigenvalue weighted by molar-refractivity contribution is -0.317. The van der Waals surface area contributed by atoms with Crippen molar-refractivity contribution in [2.75, 3.05) is 20.3 Å². The monoisotopic (exact) mass is 583 g/mol. The average molecular weight is 584 g/mol. The minimum absolute atomic E-state index is 0.493. The fraction of sp³-hybridized carbons (Fsp3) is 0.905. The van der Waals surface area contributed by atoms with Crippen LogP contribution in [0.15, 0.2) is 9.98 Å². The Balaban J connectivity index is 1.96. The van der Waals surface area contributed by atoms with Gasteiger partial charge in [0.2, 0.25) is 0 Å². The summed E-state index contributed by atoms with van der Waals surface area (Å²) in [7, 11) is 1.44. The zero-order chi connectivity index (χ0) is 30.1. The van der Waals surface area contributed by atoms with Crippen LogP contribution in [0.4, 0.5) is 0 Å². The summed E-state index contributed by atoms with van der Waals surface area (Å²) in [5.74, 6) is -1.01. The molecule has 19 heteroatoms. The molecule has 2 aliphatic heterocycles. The number of guanidine groups is 2. The molecule has 15 atom stereocenters. The van der Waals surface area contributed by atoms with Gasteiger partial charge in [-0.05, 0) is 14.0 Å². The highest BCUT2D eigenvalue weighted by atomic mass is 16.8. The summed E-state index contributed by atoms with van der Waals surface area (Å²) in [6.45, 7) is -0.199. The van der Waals surface area contributed by atoms with E-state index in [-0.39, 0.29) is 0 Å². The van der Waals surface area contributed by atoms with Gasteiger partial charge in [0, 0.05) is 0 Å². The van der Waals surface area contributed by atoms with Crippen LogP contribution < -0.4 is 28.3 Å². The molecule has 0 aromatic rings. The summed E-state index contributed by atoms with van der Waals surface area (Å²) < 4.78 is 23.2. The lowest BCUT2D eigenvalue weighted by atomic mass is 9.81. The number of aliphatic hydroxyl groups excluding tert-OH is 7. The summed E-state index contributed by atoms with van der Waals surface area (Å²) in [4.78, 5) is 7.66. The fourth-order valence-corrected chi connectivity index (χ4v) is 5.17. The third-order valence-electron chi connectivity index (χ3n) is 7.49. The van der Waals surface area contributed by atoms with E-state index in [4.69, 9.17) is 41.9 Å². The topological polar surface area (TPSA) is 340 Å². The van der Waals surface area contributed by atoms with E-state index >= 15 is 0 Å². The van der Waals surface area contributed by atoms with Crippen LogP contribution in [0.5, 0.6) is 0 Å². The van der Waals surface area contributed by atoms with Crippen LogP contribution in [0, 0.1) is 0 Å². The molecule has 2 heterocycles. The molecular weight excluding hydrogens is 542 g/mol. The Bertz CT molecular complexity index is 911. The van der Waals surface area contributed by atoms with Crippen molar-refractivity contribution in [3.63, 3.8) is 0 Å². The molecule has 40 heavy (non-hydrogen) atoms. The molecule has 232 valence electrons. The van der Waals surface area contributed by atoms with Crippen LogP contribution in [0.1, 0.15) is 6.92 Å². The van der Waals surface area contributed by atoms with Crippen LogP contribution in [0.3, 0.4) is 0 Å². The predicted octanol–water partition coefficient (Wildman–Crippen LogP) is -8.37. The number of nitrogens with two attached hydrogens (primary N) is 4. The molecule has 17 N–H and O–H groups in total.